The predicted molar refractivity (Wildman–Crippen MR) is 101 cm³/mol. The molecule has 1 aromatic heterocycles. The molecule has 0 radical (unpaired) electrons. The van der Waals surface area contributed by atoms with Crippen molar-refractivity contribution < 1.29 is 9.53 Å². The van der Waals surface area contributed by atoms with Gasteiger partial charge in [-0.1, -0.05) is 28.1 Å². The number of hydrogen-bond acceptors (Lipinski definition) is 5. The fourth-order valence-electron chi connectivity index (χ4n) is 2.01. The maximum Gasteiger partial charge on any atom is 0.264 e. The van der Waals surface area contributed by atoms with Gasteiger partial charge in [-0.25, -0.2) is 4.98 Å². The third-order valence-corrected chi connectivity index (χ3v) is 4.53. The highest BCUT2D eigenvalue weighted by atomic mass is 79.9. The van der Waals surface area contributed by atoms with Crippen LogP contribution in [0.5, 0.6) is 5.75 Å². The summed E-state index contributed by atoms with van der Waals surface area (Å²) in [4.78, 5) is 16.4. The van der Waals surface area contributed by atoms with Crippen molar-refractivity contribution in [1.82, 2.24) is 4.98 Å². The van der Waals surface area contributed by atoms with Gasteiger partial charge in [0.25, 0.3) is 5.91 Å². The highest BCUT2D eigenvalue weighted by Crippen LogP contribution is 2.26. The Morgan fingerprint density at radius 1 is 1.20 bits per heavy atom. The maximum absolute atomic E-state index is 12.0. The van der Waals surface area contributed by atoms with Crippen LogP contribution in [-0.2, 0) is 4.79 Å². The Balaban J connectivity index is 1.56. The first-order valence-corrected chi connectivity index (χ1v) is 8.95. The standard InChI is InChI=1S/C18H12BrN3O2S/c19-14-5-3-13(4-6-14)16-11-25-18(21-16)22-17(23)10-24-15-7-1-12(9-20)2-8-15/h1-8,11H,10H2,(H,21,22,23). The van der Waals surface area contributed by atoms with Crippen molar-refractivity contribution in [2.24, 2.45) is 0 Å². The highest BCUT2D eigenvalue weighted by molar-refractivity contribution is 9.10. The van der Waals surface area contributed by atoms with E-state index in [0.29, 0.717) is 16.4 Å². The number of benzene rings is 2. The number of thiazole rings is 1. The van der Waals surface area contributed by atoms with Gasteiger partial charge in [-0.05, 0) is 36.4 Å². The van der Waals surface area contributed by atoms with Crippen molar-refractivity contribution in [2.75, 3.05) is 11.9 Å². The number of rotatable bonds is 5. The number of ether oxygens (including phenoxy) is 1. The number of hydrogen-bond donors (Lipinski definition) is 1. The molecule has 3 aromatic rings. The molecule has 0 aliphatic carbocycles. The fraction of sp³-hybridized carbons (Fsp3) is 0.0556. The van der Waals surface area contributed by atoms with Crippen LogP contribution in [0.4, 0.5) is 5.13 Å². The van der Waals surface area contributed by atoms with E-state index in [1.54, 1.807) is 24.3 Å². The molecule has 7 heteroatoms. The topological polar surface area (TPSA) is 75.0 Å². The molecule has 0 aliphatic heterocycles. The summed E-state index contributed by atoms with van der Waals surface area (Å²) >= 11 is 4.75. The molecule has 0 fully saturated rings. The zero-order chi connectivity index (χ0) is 17.6. The Bertz CT molecular complexity index is 915. The lowest BCUT2D eigenvalue weighted by Crippen LogP contribution is -2.20. The molecular formula is C18H12BrN3O2S. The zero-order valence-electron chi connectivity index (χ0n) is 12.9. The van der Waals surface area contributed by atoms with E-state index >= 15 is 0 Å². The van der Waals surface area contributed by atoms with Crippen molar-refractivity contribution in [3.05, 3.63) is 63.9 Å². The molecule has 5 nitrogen and oxygen atoms in total. The zero-order valence-corrected chi connectivity index (χ0v) is 15.3. The van der Waals surface area contributed by atoms with E-state index in [2.05, 4.69) is 26.2 Å². The number of nitriles is 1. The Morgan fingerprint density at radius 2 is 1.92 bits per heavy atom. The third-order valence-electron chi connectivity index (χ3n) is 3.24. The molecule has 124 valence electrons. The summed E-state index contributed by atoms with van der Waals surface area (Å²) in [5.74, 6) is 0.241. The smallest absolute Gasteiger partial charge is 0.264 e. The number of carbonyl (C=O) groups is 1. The van der Waals surface area contributed by atoms with Crippen LogP contribution in [0.1, 0.15) is 5.56 Å². The van der Waals surface area contributed by atoms with Gasteiger partial charge < -0.3 is 4.74 Å². The first-order valence-electron chi connectivity index (χ1n) is 7.28. The SMILES string of the molecule is N#Cc1ccc(OCC(=O)Nc2nc(-c3ccc(Br)cc3)cs2)cc1. The summed E-state index contributed by atoms with van der Waals surface area (Å²) in [6.45, 7) is -0.126. The summed E-state index contributed by atoms with van der Waals surface area (Å²) in [5, 5.41) is 13.9. The van der Waals surface area contributed by atoms with Crippen molar-refractivity contribution >= 4 is 38.3 Å². The molecule has 0 saturated carbocycles. The molecule has 0 aliphatic rings. The van der Waals surface area contributed by atoms with E-state index in [9.17, 15) is 4.79 Å². The monoisotopic (exact) mass is 413 g/mol. The lowest BCUT2D eigenvalue weighted by molar-refractivity contribution is -0.118. The lowest BCUT2D eigenvalue weighted by atomic mass is 10.2. The van der Waals surface area contributed by atoms with Gasteiger partial charge in [0.1, 0.15) is 5.75 Å². The number of amides is 1. The Kier molecular flexibility index (Phi) is 5.43. The Labute approximate surface area is 157 Å². The second kappa shape index (κ2) is 7.92. The Hall–Kier alpha value is -2.69. The molecule has 2 aromatic carbocycles. The van der Waals surface area contributed by atoms with Crippen LogP contribution in [0, 0.1) is 11.3 Å². The van der Waals surface area contributed by atoms with Crippen LogP contribution in [0.3, 0.4) is 0 Å². The normalized spacial score (nSPS) is 10.1. The minimum Gasteiger partial charge on any atom is -0.484 e. The van der Waals surface area contributed by atoms with Crippen molar-refractivity contribution in [2.45, 2.75) is 0 Å². The number of nitrogens with zero attached hydrogens (tertiary/aromatic N) is 2. The van der Waals surface area contributed by atoms with Gasteiger partial charge in [0.05, 0.1) is 17.3 Å². The minimum absolute atomic E-state index is 0.126. The van der Waals surface area contributed by atoms with Gasteiger partial charge in [0, 0.05) is 15.4 Å². The number of halogens is 1. The van der Waals surface area contributed by atoms with Crippen molar-refractivity contribution in [3.63, 3.8) is 0 Å². The van der Waals surface area contributed by atoms with E-state index in [0.717, 1.165) is 15.7 Å². The second-order valence-corrected chi connectivity index (χ2v) is 6.79. The summed E-state index contributed by atoms with van der Waals surface area (Å²) < 4.78 is 6.39. The van der Waals surface area contributed by atoms with E-state index in [1.807, 2.05) is 35.7 Å². The average Bonchev–Trinajstić information content (AvgIpc) is 3.09. The molecule has 1 heterocycles. The van der Waals surface area contributed by atoms with Gasteiger partial charge in [-0.2, -0.15) is 5.26 Å². The number of carbonyl (C=O) groups excluding carboxylic acids is 1. The number of anilines is 1. The first kappa shape index (κ1) is 17.1. The minimum atomic E-state index is -0.291. The molecule has 0 atom stereocenters. The van der Waals surface area contributed by atoms with Crippen molar-refractivity contribution in [3.8, 4) is 23.1 Å². The summed E-state index contributed by atoms with van der Waals surface area (Å²) in [6.07, 6.45) is 0. The number of nitrogens with one attached hydrogen (secondary N) is 1. The molecule has 25 heavy (non-hydrogen) atoms. The second-order valence-electron chi connectivity index (χ2n) is 5.02. The molecular weight excluding hydrogens is 402 g/mol. The van der Waals surface area contributed by atoms with Gasteiger partial charge in [0.2, 0.25) is 0 Å². The van der Waals surface area contributed by atoms with Crippen molar-refractivity contribution in [1.29, 1.82) is 5.26 Å². The van der Waals surface area contributed by atoms with Crippen LogP contribution in [0.2, 0.25) is 0 Å². The molecule has 1 N–H and O–H groups in total. The van der Waals surface area contributed by atoms with Gasteiger partial charge in [-0.3, -0.25) is 10.1 Å². The van der Waals surface area contributed by atoms with E-state index in [1.165, 1.54) is 11.3 Å². The molecule has 3 rings (SSSR count). The molecule has 0 unspecified atom stereocenters. The van der Waals surface area contributed by atoms with E-state index < -0.39 is 0 Å². The summed E-state index contributed by atoms with van der Waals surface area (Å²) in [7, 11) is 0. The van der Waals surface area contributed by atoms with E-state index in [4.69, 9.17) is 10.00 Å². The summed E-state index contributed by atoms with van der Waals surface area (Å²) in [6, 6.07) is 16.4. The highest BCUT2D eigenvalue weighted by Gasteiger charge is 2.09. The van der Waals surface area contributed by atoms with Crippen LogP contribution in [0.15, 0.2) is 58.4 Å². The van der Waals surface area contributed by atoms with Crippen LogP contribution in [-0.4, -0.2) is 17.5 Å². The van der Waals surface area contributed by atoms with E-state index in [-0.39, 0.29) is 12.5 Å². The predicted octanol–water partition coefficient (Wildman–Crippen LogP) is 4.46. The van der Waals surface area contributed by atoms with Gasteiger partial charge in [0.15, 0.2) is 11.7 Å². The molecule has 0 saturated heterocycles. The first-order chi connectivity index (χ1) is 12.1. The lowest BCUT2D eigenvalue weighted by Gasteiger charge is -2.05. The maximum atomic E-state index is 12.0. The third kappa shape index (κ3) is 4.66. The molecule has 0 bridgehead atoms. The van der Waals surface area contributed by atoms with Crippen LogP contribution in [0.25, 0.3) is 11.3 Å². The molecule has 0 spiro atoms. The quantitative estimate of drug-likeness (QED) is 0.669. The largest absolute Gasteiger partial charge is 0.484 e. The summed E-state index contributed by atoms with van der Waals surface area (Å²) in [5.41, 5.74) is 2.33. The Morgan fingerprint density at radius 3 is 2.60 bits per heavy atom. The van der Waals surface area contributed by atoms with Gasteiger partial charge in [-0.15, -0.1) is 11.3 Å². The number of aromatic nitrogens is 1. The molecule has 1 amide bonds. The average molecular weight is 414 g/mol. The van der Waals surface area contributed by atoms with Gasteiger partial charge >= 0.3 is 0 Å². The fourth-order valence-corrected chi connectivity index (χ4v) is 3.01. The van der Waals surface area contributed by atoms with Crippen LogP contribution >= 0.6 is 27.3 Å². The van der Waals surface area contributed by atoms with Crippen LogP contribution < -0.4 is 10.1 Å².